The first-order valence-corrected chi connectivity index (χ1v) is 7.02. The number of anilines is 1. The number of hydrogen-bond donors (Lipinski definition) is 0. The van der Waals surface area contributed by atoms with Gasteiger partial charge in [0.05, 0.1) is 6.07 Å². The smallest absolute Gasteiger partial charge is 0.415 e. The quantitative estimate of drug-likeness (QED) is 0.851. The van der Waals surface area contributed by atoms with Crippen LogP contribution in [-0.2, 0) is 11.3 Å². The zero-order valence-electron chi connectivity index (χ0n) is 12.7. The van der Waals surface area contributed by atoms with Gasteiger partial charge in [-0.15, -0.1) is 0 Å². The van der Waals surface area contributed by atoms with Crippen LogP contribution in [-0.4, -0.2) is 11.6 Å². The number of hydrogen-bond acceptors (Lipinski definition) is 3. The molecular formula is C18H18N2O2. The predicted octanol–water partition coefficient (Wildman–Crippen LogP) is 4.13. The average Bonchev–Trinajstić information content (AvgIpc) is 2.55. The van der Waals surface area contributed by atoms with Gasteiger partial charge in [0, 0.05) is 5.69 Å². The lowest BCUT2D eigenvalue weighted by Gasteiger charge is -2.32. The zero-order valence-corrected chi connectivity index (χ0v) is 12.7. The van der Waals surface area contributed by atoms with Crippen molar-refractivity contribution in [2.45, 2.75) is 26.0 Å². The zero-order chi connectivity index (χ0) is 16.0. The van der Waals surface area contributed by atoms with Crippen molar-refractivity contribution in [2.75, 3.05) is 4.90 Å². The third kappa shape index (κ3) is 3.64. The summed E-state index contributed by atoms with van der Waals surface area (Å²) in [4.78, 5) is 13.8. The van der Waals surface area contributed by atoms with E-state index in [1.54, 1.807) is 26.0 Å². The lowest BCUT2D eigenvalue weighted by atomic mass is 10.0. The Morgan fingerprint density at radius 3 is 2.18 bits per heavy atom. The van der Waals surface area contributed by atoms with E-state index in [1.807, 2.05) is 48.5 Å². The Balaban J connectivity index is 2.19. The van der Waals surface area contributed by atoms with Gasteiger partial charge in [-0.1, -0.05) is 48.5 Å². The Morgan fingerprint density at radius 2 is 1.64 bits per heavy atom. The molecule has 0 unspecified atom stereocenters. The van der Waals surface area contributed by atoms with Crippen molar-refractivity contribution in [3.63, 3.8) is 0 Å². The van der Waals surface area contributed by atoms with Crippen molar-refractivity contribution in [3.05, 3.63) is 66.2 Å². The molecule has 22 heavy (non-hydrogen) atoms. The first-order valence-electron chi connectivity index (χ1n) is 7.02. The van der Waals surface area contributed by atoms with Gasteiger partial charge in [-0.25, -0.2) is 4.79 Å². The Bertz CT molecular complexity index is 660. The number of nitrogens with zero attached hydrogens (tertiary/aromatic N) is 2. The number of para-hydroxylation sites is 1. The minimum absolute atomic E-state index is 0.171. The van der Waals surface area contributed by atoms with E-state index in [2.05, 4.69) is 6.07 Å². The van der Waals surface area contributed by atoms with Crippen molar-refractivity contribution in [1.29, 1.82) is 5.26 Å². The molecule has 0 bridgehead atoms. The van der Waals surface area contributed by atoms with Gasteiger partial charge in [0.1, 0.15) is 12.1 Å². The highest BCUT2D eigenvalue weighted by Crippen LogP contribution is 2.24. The summed E-state index contributed by atoms with van der Waals surface area (Å²) in [7, 11) is 0. The van der Waals surface area contributed by atoms with Crippen LogP contribution in [0.1, 0.15) is 19.4 Å². The number of carbonyl (C=O) groups is 1. The summed E-state index contributed by atoms with van der Waals surface area (Å²) in [6.07, 6.45) is -0.540. The normalized spacial score (nSPS) is 10.6. The number of carbonyl (C=O) groups excluding carboxylic acids is 1. The second-order valence-corrected chi connectivity index (χ2v) is 5.38. The van der Waals surface area contributed by atoms with Crippen molar-refractivity contribution in [2.24, 2.45) is 0 Å². The lowest BCUT2D eigenvalue weighted by Crippen LogP contribution is -2.47. The molecule has 0 heterocycles. The largest absolute Gasteiger partial charge is 0.444 e. The van der Waals surface area contributed by atoms with Crippen LogP contribution in [0.25, 0.3) is 0 Å². The first-order chi connectivity index (χ1) is 10.5. The first kappa shape index (κ1) is 15.6. The molecule has 112 valence electrons. The van der Waals surface area contributed by atoms with E-state index in [0.29, 0.717) is 5.69 Å². The highest BCUT2D eigenvalue weighted by Gasteiger charge is 2.33. The van der Waals surface area contributed by atoms with Gasteiger partial charge in [-0.05, 0) is 31.5 Å². The molecule has 2 rings (SSSR count). The predicted molar refractivity (Wildman–Crippen MR) is 85.2 cm³/mol. The molecular weight excluding hydrogens is 276 g/mol. The number of ether oxygens (including phenoxy) is 1. The van der Waals surface area contributed by atoms with Crippen LogP contribution < -0.4 is 4.90 Å². The summed E-state index contributed by atoms with van der Waals surface area (Å²) in [5.74, 6) is 0. The summed E-state index contributed by atoms with van der Waals surface area (Å²) >= 11 is 0. The van der Waals surface area contributed by atoms with Crippen LogP contribution in [0, 0.1) is 11.3 Å². The Labute approximate surface area is 130 Å². The molecule has 0 saturated carbocycles. The fourth-order valence-electron chi connectivity index (χ4n) is 2.07. The van der Waals surface area contributed by atoms with Crippen LogP contribution in [0.15, 0.2) is 60.7 Å². The topological polar surface area (TPSA) is 53.3 Å². The Morgan fingerprint density at radius 1 is 1.09 bits per heavy atom. The molecule has 0 aliphatic rings. The van der Waals surface area contributed by atoms with Gasteiger partial charge >= 0.3 is 6.09 Å². The molecule has 4 nitrogen and oxygen atoms in total. The van der Waals surface area contributed by atoms with Crippen LogP contribution in [0.5, 0.6) is 0 Å². The molecule has 0 atom stereocenters. The Kier molecular flexibility index (Phi) is 4.80. The highest BCUT2D eigenvalue weighted by molar-refractivity contribution is 5.89. The van der Waals surface area contributed by atoms with E-state index < -0.39 is 11.6 Å². The molecule has 0 saturated heterocycles. The van der Waals surface area contributed by atoms with Crippen LogP contribution in [0.4, 0.5) is 10.5 Å². The molecule has 0 fully saturated rings. The van der Waals surface area contributed by atoms with E-state index >= 15 is 0 Å². The molecule has 0 N–H and O–H groups in total. The van der Waals surface area contributed by atoms with E-state index in [1.165, 1.54) is 4.90 Å². The average molecular weight is 294 g/mol. The van der Waals surface area contributed by atoms with Crippen molar-refractivity contribution in [3.8, 4) is 6.07 Å². The van der Waals surface area contributed by atoms with Crippen LogP contribution in [0.3, 0.4) is 0 Å². The van der Waals surface area contributed by atoms with Crippen molar-refractivity contribution in [1.82, 2.24) is 0 Å². The van der Waals surface area contributed by atoms with Gasteiger partial charge in [0.2, 0.25) is 0 Å². The monoisotopic (exact) mass is 294 g/mol. The fourth-order valence-corrected chi connectivity index (χ4v) is 2.07. The van der Waals surface area contributed by atoms with Gasteiger partial charge < -0.3 is 4.74 Å². The fraction of sp³-hybridized carbons (Fsp3) is 0.222. The lowest BCUT2D eigenvalue weighted by molar-refractivity contribution is 0.143. The molecule has 0 aliphatic carbocycles. The highest BCUT2D eigenvalue weighted by atomic mass is 16.6. The SMILES string of the molecule is CC(C)(C#N)N(C(=O)OCc1ccccc1)c1ccccc1. The number of amides is 1. The molecule has 0 aromatic heterocycles. The third-order valence-corrected chi connectivity index (χ3v) is 3.23. The maximum Gasteiger partial charge on any atom is 0.415 e. The maximum atomic E-state index is 12.5. The molecule has 2 aromatic rings. The molecule has 0 spiro atoms. The number of nitriles is 1. The molecule has 2 aromatic carbocycles. The van der Waals surface area contributed by atoms with E-state index in [4.69, 9.17) is 4.74 Å². The number of benzene rings is 2. The summed E-state index contributed by atoms with van der Waals surface area (Å²) in [6, 6.07) is 20.6. The third-order valence-electron chi connectivity index (χ3n) is 3.23. The van der Waals surface area contributed by atoms with E-state index in [0.717, 1.165) is 5.56 Å². The van der Waals surface area contributed by atoms with Gasteiger partial charge in [-0.2, -0.15) is 5.26 Å². The van der Waals surface area contributed by atoms with Gasteiger partial charge in [0.25, 0.3) is 0 Å². The van der Waals surface area contributed by atoms with Crippen molar-refractivity contribution >= 4 is 11.8 Å². The maximum absolute atomic E-state index is 12.5. The van der Waals surface area contributed by atoms with E-state index in [9.17, 15) is 10.1 Å². The van der Waals surface area contributed by atoms with Crippen LogP contribution >= 0.6 is 0 Å². The summed E-state index contributed by atoms with van der Waals surface area (Å²) in [6.45, 7) is 3.54. The summed E-state index contributed by atoms with van der Waals surface area (Å²) in [5, 5.41) is 9.36. The summed E-state index contributed by atoms with van der Waals surface area (Å²) < 4.78 is 5.37. The van der Waals surface area contributed by atoms with Crippen molar-refractivity contribution < 1.29 is 9.53 Å². The Hall–Kier alpha value is -2.80. The van der Waals surface area contributed by atoms with Crippen LogP contribution in [0.2, 0.25) is 0 Å². The van der Waals surface area contributed by atoms with E-state index in [-0.39, 0.29) is 6.61 Å². The molecule has 0 aliphatic heterocycles. The standard InChI is InChI=1S/C18H18N2O2/c1-18(2,14-19)20(16-11-7-4-8-12-16)17(21)22-13-15-9-5-3-6-10-15/h3-12H,13H2,1-2H3. The molecule has 4 heteroatoms. The molecule has 1 amide bonds. The van der Waals surface area contributed by atoms with Gasteiger partial charge in [-0.3, -0.25) is 4.90 Å². The number of rotatable bonds is 4. The minimum atomic E-state index is -1.00. The second kappa shape index (κ2) is 6.77. The minimum Gasteiger partial charge on any atom is -0.444 e. The molecule has 0 radical (unpaired) electrons. The van der Waals surface area contributed by atoms with Gasteiger partial charge in [0.15, 0.2) is 0 Å². The summed E-state index contributed by atoms with van der Waals surface area (Å²) in [5.41, 5.74) is 0.528. The second-order valence-electron chi connectivity index (χ2n) is 5.38.